The van der Waals surface area contributed by atoms with Crippen LogP contribution in [0.25, 0.3) is 0 Å². The van der Waals surface area contributed by atoms with Gasteiger partial charge in [0.05, 0.1) is 0 Å². The van der Waals surface area contributed by atoms with Crippen molar-refractivity contribution in [1.29, 1.82) is 0 Å². The van der Waals surface area contributed by atoms with Crippen molar-refractivity contribution in [2.75, 3.05) is 6.61 Å². The lowest BCUT2D eigenvalue weighted by atomic mass is 9.76. The Kier molecular flexibility index (Phi) is 5.89. The second kappa shape index (κ2) is 8.37. The molecule has 0 saturated carbocycles. The van der Waals surface area contributed by atoms with Crippen molar-refractivity contribution >= 4 is 17.5 Å². The molecule has 3 aromatic rings. The molecular formula is C23H18ClNO4. The average molecular weight is 408 g/mol. The van der Waals surface area contributed by atoms with Gasteiger partial charge in [-0.15, -0.1) is 0 Å². The van der Waals surface area contributed by atoms with Crippen LogP contribution in [0.15, 0.2) is 85.2 Å². The Labute approximate surface area is 174 Å². The molecule has 6 heteroatoms. The number of carbonyl (C=O) groups is 3. The molecule has 0 saturated heterocycles. The SMILES string of the molecule is O=C(C[n+]1ccccc1)OCC1(c2ccccc2)C(=O)c2ccccc2C1=O.[Cl-]. The maximum absolute atomic E-state index is 13.3. The molecular weight excluding hydrogens is 390 g/mol. The Bertz CT molecular complexity index is 1020. The lowest BCUT2D eigenvalue weighted by Gasteiger charge is -2.25. The molecule has 0 unspecified atom stereocenters. The molecule has 2 aromatic carbocycles. The Balaban J connectivity index is 0.00000240. The van der Waals surface area contributed by atoms with Crippen molar-refractivity contribution < 1.29 is 36.1 Å². The van der Waals surface area contributed by atoms with E-state index in [9.17, 15) is 14.4 Å². The van der Waals surface area contributed by atoms with Crippen LogP contribution in [-0.2, 0) is 21.5 Å². The topological polar surface area (TPSA) is 64.3 Å². The monoisotopic (exact) mass is 407 g/mol. The first kappa shape index (κ1) is 20.4. The zero-order valence-corrected chi connectivity index (χ0v) is 16.2. The van der Waals surface area contributed by atoms with Gasteiger partial charge in [0.25, 0.3) is 0 Å². The average Bonchev–Trinajstić information content (AvgIpc) is 2.96. The van der Waals surface area contributed by atoms with Gasteiger partial charge in [0.1, 0.15) is 6.61 Å². The molecule has 0 radical (unpaired) electrons. The molecule has 0 spiro atoms. The maximum Gasteiger partial charge on any atom is 0.372 e. The molecule has 0 fully saturated rings. The minimum atomic E-state index is -1.54. The molecule has 146 valence electrons. The first-order valence-electron chi connectivity index (χ1n) is 8.97. The first-order chi connectivity index (χ1) is 13.6. The number of aromatic nitrogens is 1. The zero-order chi connectivity index (χ0) is 19.6. The summed E-state index contributed by atoms with van der Waals surface area (Å²) in [5, 5.41) is 0. The van der Waals surface area contributed by atoms with E-state index in [0.29, 0.717) is 16.7 Å². The fourth-order valence-corrected chi connectivity index (χ4v) is 3.56. The molecule has 1 aliphatic rings. The second-order valence-electron chi connectivity index (χ2n) is 6.68. The number of benzene rings is 2. The summed E-state index contributed by atoms with van der Waals surface area (Å²) >= 11 is 0. The summed E-state index contributed by atoms with van der Waals surface area (Å²) in [6.07, 6.45) is 3.49. The Morgan fingerprint density at radius 1 is 0.793 bits per heavy atom. The summed E-state index contributed by atoms with van der Waals surface area (Å²) in [5.74, 6) is -1.18. The Morgan fingerprint density at radius 3 is 1.90 bits per heavy atom. The quantitative estimate of drug-likeness (QED) is 0.326. The van der Waals surface area contributed by atoms with E-state index in [1.807, 2.05) is 12.1 Å². The molecule has 1 aromatic heterocycles. The van der Waals surface area contributed by atoms with Crippen LogP contribution >= 0.6 is 0 Å². The minimum Gasteiger partial charge on any atom is -1.00 e. The van der Waals surface area contributed by atoms with E-state index in [2.05, 4.69) is 0 Å². The highest BCUT2D eigenvalue weighted by molar-refractivity contribution is 6.33. The highest BCUT2D eigenvalue weighted by atomic mass is 35.5. The highest BCUT2D eigenvalue weighted by Crippen LogP contribution is 2.40. The fourth-order valence-electron chi connectivity index (χ4n) is 3.56. The third-order valence-corrected chi connectivity index (χ3v) is 5.00. The third-order valence-electron chi connectivity index (χ3n) is 5.00. The number of rotatable bonds is 5. The third kappa shape index (κ3) is 3.57. The number of nitrogens with zero attached hydrogens (tertiary/aromatic N) is 1. The van der Waals surface area contributed by atoms with Gasteiger partial charge in [0, 0.05) is 23.3 Å². The van der Waals surface area contributed by atoms with E-state index < -0.39 is 11.4 Å². The molecule has 4 rings (SSSR count). The van der Waals surface area contributed by atoms with Gasteiger partial charge in [-0.05, 0) is 5.56 Å². The highest BCUT2D eigenvalue weighted by Gasteiger charge is 2.55. The fraction of sp³-hybridized carbons (Fsp3) is 0.130. The second-order valence-corrected chi connectivity index (χ2v) is 6.68. The number of halogens is 1. The Morgan fingerprint density at radius 2 is 1.31 bits per heavy atom. The summed E-state index contributed by atoms with van der Waals surface area (Å²) in [7, 11) is 0. The zero-order valence-electron chi connectivity index (χ0n) is 15.5. The van der Waals surface area contributed by atoms with Crippen LogP contribution in [-0.4, -0.2) is 24.1 Å². The van der Waals surface area contributed by atoms with Gasteiger partial charge in [-0.2, -0.15) is 4.57 Å². The summed E-state index contributed by atoms with van der Waals surface area (Å²) in [6.45, 7) is -0.323. The number of hydrogen-bond donors (Lipinski definition) is 0. The van der Waals surface area contributed by atoms with E-state index >= 15 is 0 Å². The summed E-state index contributed by atoms with van der Waals surface area (Å²) in [6, 6.07) is 21.0. The van der Waals surface area contributed by atoms with Crippen LogP contribution in [0.4, 0.5) is 0 Å². The van der Waals surface area contributed by atoms with Gasteiger partial charge in [-0.3, -0.25) is 9.59 Å². The number of Topliss-reactive ketones (excluding diaryl/α,β-unsaturated/α-hetero) is 2. The van der Waals surface area contributed by atoms with Gasteiger partial charge in [0.15, 0.2) is 29.4 Å². The standard InChI is InChI=1S/C23H18NO4.ClH/c25-20(15-24-13-7-2-8-14-24)28-16-23(17-9-3-1-4-10-17)21(26)18-11-5-6-12-19(18)22(23)27;/h1-14H,15-16H2;1H/q+1;/p-1. The van der Waals surface area contributed by atoms with Crippen molar-refractivity contribution in [2.45, 2.75) is 12.0 Å². The number of carbonyl (C=O) groups excluding carboxylic acids is 3. The summed E-state index contributed by atoms with van der Waals surface area (Å²) in [4.78, 5) is 38.9. The molecule has 1 heterocycles. The van der Waals surface area contributed by atoms with Crippen LogP contribution in [0, 0.1) is 0 Å². The number of hydrogen-bond acceptors (Lipinski definition) is 4. The van der Waals surface area contributed by atoms with E-state index in [1.165, 1.54) is 0 Å². The van der Waals surface area contributed by atoms with Crippen LogP contribution in [0.1, 0.15) is 26.3 Å². The van der Waals surface area contributed by atoms with Gasteiger partial charge in [0.2, 0.25) is 6.54 Å². The Hall–Kier alpha value is -3.31. The predicted molar refractivity (Wildman–Crippen MR) is 101 cm³/mol. The van der Waals surface area contributed by atoms with Gasteiger partial charge in [-0.25, -0.2) is 4.79 Å². The van der Waals surface area contributed by atoms with E-state index in [1.54, 1.807) is 77.6 Å². The van der Waals surface area contributed by atoms with E-state index in [4.69, 9.17) is 4.74 Å². The molecule has 0 aliphatic heterocycles. The van der Waals surface area contributed by atoms with Crippen LogP contribution in [0.3, 0.4) is 0 Å². The molecule has 0 atom stereocenters. The van der Waals surface area contributed by atoms with E-state index in [-0.39, 0.29) is 37.1 Å². The number of ether oxygens (including phenoxy) is 1. The largest absolute Gasteiger partial charge is 1.00 e. The van der Waals surface area contributed by atoms with Crippen LogP contribution in [0.2, 0.25) is 0 Å². The van der Waals surface area contributed by atoms with Crippen molar-refractivity contribution in [2.24, 2.45) is 0 Å². The summed E-state index contributed by atoms with van der Waals surface area (Å²) in [5.41, 5.74) is -0.280. The van der Waals surface area contributed by atoms with E-state index in [0.717, 1.165) is 0 Å². The van der Waals surface area contributed by atoms with Crippen molar-refractivity contribution in [3.63, 3.8) is 0 Å². The molecule has 1 aliphatic carbocycles. The smallest absolute Gasteiger partial charge is 0.372 e. The van der Waals surface area contributed by atoms with Crippen molar-refractivity contribution in [3.8, 4) is 0 Å². The van der Waals surface area contributed by atoms with Crippen molar-refractivity contribution in [3.05, 3.63) is 102 Å². The minimum absolute atomic E-state index is 0. The predicted octanol–water partition coefficient (Wildman–Crippen LogP) is -0.461. The molecule has 29 heavy (non-hydrogen) atoms. The van der Waals surface area contributed by atoms with Crippen LogP contribution < -0.4 is 17.0 Å². The van der Waals surface area contributed by atoms with Gasteiger partial charge in [-0.1, -0.05) is 60.7 Å². The number of ketones is 2. The molecule has 0 amide bonds. The molecule has 5 nitrogen and oxygen atoms in total. The number of pyridine rings is 1. The molecule has 0 bridgehead atoms. The number of esters is 1. The summed E-state index contributed by atoms with van der Waals surface area (Å²) < 4.78 is 7.13. The number of fused-ring (bicyclic) bond motifs is 1. The maximum atomic E-state index is 13.3. The lowest BCUT2D eigenvalue weighted by molar-refractivity contribution is -0.686. The van der Waals surface area contributed by atoms with Crippen LogP contribution in [0.5, 0.6) is 0 Å². The van der Waals surface area contributed by atoms with Crippen molar-refractivity contribution in [1.82, 2.24) is 0 Å². The van der Waals surface area contributed by atoms with Gasteiger partial charge >= 0.3 is 5.97 Å². The van der Waals surface area contributed by atoms with Gasteiger partial charge < -0.3 is 17.1 Å². The molecule has 0 N–H and O–H groups in total. The normalized spacial score (nSPS) is 14.1. The lowest BCUT2D eigenvalue weighted by Crippen LogP contribution is -3.00. The first-order valence-corrected chi connectivity index (χ1v) is 8.97.